The molecule has 3 rings (SSSR count). The Balaban J connectivity index is 1.64. The number of esters is 1. The largest absolute Gasteiger partial charge is 0.458 e. The molecule has 0 aromatic heterocycles. The van der Waals surface area contributed by atoms with Gasteiger partial charge in [-0.1, -0.05) is 32.0 Å². The standard InChI is InChI=1S/C24H33NO4/c1-17(9-7-10-18(2)25(27)28)20-14-15-21-22(13-8-16-24(20,21)3)29-23(26)19-11-5-4-6-12-19/h4-6,10-12,17,20-22H,7-9,13-16H2,1-3H3/b18-10+/t17-,20-,21?,22+,24-/m1/s1. The minimum Gasteiger partial charge on any atom is -0.458 e. The summed E-state index contributed by atoms with van der Waals surface area (Å²) in [6.07, 6.45) is 8.92. The number of carbonyl (C=O) groups is 1. The topological polar surface area (TPSA) is 69.4 Å². The number of rotatable bonds is 7. The van der Waals surface area contributed by atoms with Gasteiger partial charge in [0.05, 0.1) is 10.5 Å². The van der Waals surface area contributed by atoms with Gasteiger partial charge in [0, 0.05) is 12.8 Å². The number of benzene rings is 1. The quantitative estimate of drug-likeness (QED) is 0.319. The summed E-state index contributed by atoms with van der Waals surface area (Å²) in [7, 11) is 0. The molecule has 0 saturated heterocycles. The molecule has 5 nitrogen and oxygen atoms in total. The smallest absolute Gasteiger partial charge is 0.338 e. The number of allylic oxidation sites excluding steroid dienone is 2. The Morgan fingerprint density at radius 2 is 2.03 bits per heavy atom. The molecule has 0 heterocycles. The normalized spacial score (nSPS) is 30.4. The highest BCUT2D eigenvalue weighted by atomic mass is 16.6. The van der Waals surface area contributed by atoms with Crippen LogP contribution in [0.25, 0.3) is 0 Å². The van der Waals surface area contributed by atoms with Crippen LogP contribution in [0.5, 0.6) is 0 Å². The number of nitro groups is 1. The molecule has 29 heavy (non-hydrogen) atoms. The number of fused-ring (bicyclic) bond motifs is 1. The Labute approximate surface area is 173 Å². The Bertz CT molecular complexity index is 759. The van der Waals surface area contributed by atoms with Crippen molar-refractivity contribution < 1.29 is 14.5 Å². The van der Waals surface area contributed by atoms with E-state index < -0.39 is 0 Å². The second-order valence-electron chi connectivity index (χ2n) is 9.16. The Morgan fingerprint density at radius 1 is 1.31 bits per heavy atom. The zero-order valence-corrected chi connectivity index (χ0v) is 17.8. The van der Waals surface area contributed by atoms with E-state index in [9.17, 15) is 14.9 Å². The fourth-order valence-corrected chi connectivity index (χ4v) is 5.85. The molecule has 2 aliphatic carbocycles. The van der Waals surface area contributed by atoms with E-state index in [2.05, 4.69) is 13.8 Å². The van der Waals surface area contributed by atoms with Gasteiger partial charge in [-0.05, 0) is 80.4 Å². The fraction of sp³-hybridized carbons (Fsp3) is 0.625. The van der Waals surface area contributed by atoms with Gasteiger partial charge in [0.2, 0.25) is 5.70 Å². The van der Waals surface area contributed by atoms with Gasteiger partial charge in [0.1, 0.15) is 6.10 Å². The van der Waals surface area contributed by atoms with Crippen LogP contribution in [0.15, 0.2) is 42.1 Å². The zero-order chi connectivity index (χ0) is 21.0. The van der Waals surface area contributed by atoms with Crippen LogP contribution in [0, 0.1) is 33.3 Å². The minimum absolute atomic E-state index is 0.00437. The van der Waals surface area contributed by atoms with Crippen molar-refractivity contribution in [3.63, 3.8) is 0 Å². The van der Waals surface area contributed by atoms with Gasteiger partial charge >= 0.3 is 5.97 Å². The number of carbonyl (C=O) groups excluding carboxylic acids is 1. The molecule has 5 atom stereocenters. The van der Waals surface area contributed by atoms with Crippen molar-refractivity contribution in [2.45, 2.75) is 71.8 Å². The summed E-state index contributed by atoms with van der Waals surface area (Å²) in [5.41, 5.74) is 1.04. The van der Waals surface area contributed by atoms with E-state index in [-0.39, 0.29) is 28.1 Å². The number of nitrogens with zero attached hydrogens (tertiary/aromatic N) is 1. The van der Waals surface area contributed by atoms with E-state index in [1.54, 1.807) is 13.0 Å². The Kier molecular flexibility index (Phi) is 6.76. The van der Waals surface area contributed by atoms with Crippen LogP contribution >= 0.6 is 0 Å². The van der Waals surface area contributed by atoms with Crippen LogP contribution in [-0.4, -0.2) is 17.0 Å². The van der Waals surface area contributed by atoms with Gasteiger partial charge in [-0.2, -0.15) is 0 Å². The molecule has 1 aromatic rings. The van der Waals surface area contributed by atoms with Crippen LogP contribution in [-0.2, 0) is 4.74 Å². The van der Waals surface area contributed by atoms with Crippen molar-refractivity contribution in [1.29, 1.82) is 0 Å². The minimum atomic E-state index is -0.315. The summed E-state index contributed by atoms with van der Waals surface area (Å²) in [6, 6.07) is 9.25. The second kappa shape index (κ2) is 9.10. The summed E-state index contributed by atoms with van der Waals surface area (Å²) in [4.78, 5) is 23.1. The third kappa shape index (κ3) is 4.71. The molecule has 5 heteroatoms. The summed E-state index contributed by atoms with van der Waals surface area (Å²) >= 11 is 0. The first-order chi connectivity index (χ1) is 13.8. The molecule has 2 saturated carbocycles. The highest BCUT2D eigenvalue weighted by Gasteiger charge is 2.53. The molecule has 0 aliphatic heterocycles. The van der Waals surface area contributed by atoms with E-state index >= 15 is 0 Å². The lowest BCUT2D eigenvalue weighted by Gasteiger charge is -2.46. The zero-order valence-electron chi connectivity index (χ0n) is 17.8. The van der Waals surface area contributed by atoms with Crippen molar-refractivity contribution in [3.05, 3.63) is 57.8 Å². The lowest BCUT2D eigenvalue weighted by atomic mass is 9.61. The number of hydrogen-bond acceptors (Lipinski definition) is 4. The van der Waals surface area contributed by atoms with Crippen molar-refractivity contribution in [3.8, 4) is 0 Å². The predicted molar refractivity (Wildman–Crippen MR) is 113 cm³/mol. The average molecular weight is 400 g/mol. The van der Waals surface area contributed by atoms with Crippen LogP contribution in [0.4, 0.5) is 0 Å². The summed E-state index contributed by atoms with van der Waals surface area (Å²) in [5, 5.41) is 10.8. The first kappa shape index (κ1) is 21.5. The van der Waals surface area contributed by atoms with E-state index in [1.807, 2.05) is 30.3 Å². The summed E-state index contributed by atoms with van der Waals surface area (Å²) in [6.45, 7) is 6.23. The van der Waals surface area contributed by atoms with Gasteiger partial charge < -0.3 is 4.74 Å². The highest BCUT2D eigenvalue weighted by Crippen LogP contribution is 2.58. The van der Waals surface area contributed by atoms with Gasteiger partial charge in [0.15, 0.2) is 0 Å². The van der Waals surface area contributed by atoms with Gasteiger partial charge in [-0.15, -0.1) is 0 Å². The maximum absolute atomic E-state index is 12.6. The summed E-state index contributed by atoms with van der Waals surface area (Å²) < 4.78 is 6.00. The third-order valence-corrected chi connectivity index (χ3v) is 7.44. The van der Waals surface area contributed by atoms with Gasteiger partial charge in [0.25, 0.3) is 0 Å². The molecule has 0 radical (unpaired) electrons. The van der Waals surface area contributed by atoms with E-state index in [0.717, 1.165) is 38.5 Å². The van der Waals surface area contributed by atoms with Crippen LogP contribution in [0.3, 0.4) is 0 Å². The lowest BCUT2D eigenvalue weighted by molar-refractivity contribution is -0.424. The molecule has 1 unspecified atom stereocenters. The van der Waals surface area contributed by atoms with Crippen molar-refractivity contribution in [2.75, 3.05) is 0 Å². The molecular formula is C24H33NO4. The first-order valence-corrected chi connectivity index (χ1v) is 10.9. The lowest BCUT2D eigenvalue weighted by Crippen LogP contribution is -2.43. The van der Waals surface area contributed by atoms with Crippen LogP contribution in [0.2, 0.25) is 0 Å². The first-order valence-electron chi connectivity index (χ1n) is 10.9. The third-order valence-electron chi connectivity index (χ3n) is 7.44. The molecule has 2 aliphatic rings. The van der Waals surface area contributed by atoms with Crippen molar-refractivity contribution >= 4 is 5.97 Å². The SMILES string of the molecule is C/C(=C\CC[C@@H](C)[C@H]1CCC2[C@@H](OC(=O)c3ccccc3)CCC[C@@]21C)[N+](=O)[O-]. The monoisotopic (exact) mass is 399 g/mol. The maximum Gasteiger partial charge on any atom is 0.338 e. The molecule has 0 amide bonds. The number of ether oxygens (including phenoxy) is 1. The summed E-state index contributed by atoms with van der Waals surface area (Å²) in [5.74, 6) is 1.28. The predicted octanol–water partition coefficient (Wildman–Crippen LogP) is 6.03. The average Bonchev–Trinajstić information content (AvgIpc) is 3.06. The molecular weight excluding hydrogens is 366 g/mol. The van der Waals surface area contributed by atoms with Crippen molar-refractivity contribution in [1.82, 2.24) is 0 Å². The molecule has 0 spiro atoms. The van der Waals surface area contributed by atoms with E-state index in [0.29, 0.717) is 23.3 Å². The van der Waals surface area contributed by atoms with Gasteiger partial charge in [-0.3, -0.25) is 10.1 Å². The van der Waals surface area contributed by atoms with Crippen LogP contribution < -0.4 is 0 Å². The van der Waals surface area contributed by atoms with E-state index in [4.69, 9.17) is 4.74 Å². The molecule has 0 bridgehead atoms. The highest BCUT2D eigenvalue weighted by molar-refractivity contribution is 5.89. The molecule has 158 valence electrons. The second-order valence-corrected chi connectivity index (χ2v) is 9.16. The number of hydrogen-bond donors (Lipinski definition) is 0. The maximum atomic E-state index is 12.6. The van der Waals surface area contributed by atoms with Crippen LogP contribution in [0.1, 0.15) is 76.1 Å². The molecule has 1 aromatic carbocycles. The molecule has 0 N–H and O–H groups in total. The van der Waals surface area contributed by atoms with E-state index in [1.165, 1.54) is 6.42 Å². The molecule has 2 fully saturated rings. The fourth-order valence-electron chi connectivity index (χ4n) is 5.85. The van der Waals surface area contributed by atoms with Gasteiger partial charge in [-0.25, -0.2) is 4.79 Å². The Hall–Kier alpha value is -2.17. The Morgan fingerprint density at radius 3 is 2.72 bits per heavy atom. The van der Waals surface area contributed by atoms with Crippen molar-refractivity contribution in [2.24, 2.45) is 23.2 Å².